The maximum absolute atomic E-state index is 11.2. The standard InChI is InChI=1S/C14H16O2/c1-11(2)14(15)16-12(3)9-10-13-7-5-4-6-8-13/h4-10,12H,1H2,2-3H3/b10-9+. The second-order valence-electron chi connectivity index (χ2n) is 3.66. The molecule has 0 aliphatic rings. The van der Waals surface area contributed by atoms with Crippen molar-refractivity contribution in [1.29, 1.82) is 0 Å². The Labute approximate surface area is 96.2 Å². The van der Waals surface area contributed by atoms with Crippen LogP contribution in [-0.2, 0) is 9.53 Å². The quantitative estimate of drug-likeness (QED) is 0.570. The SMILES string of the molecule is C=C(C)C(=O)OC(C)/C=C/c1ccccc1. The highest BCUT2D eigenvalue weighted by molar-refractivity contribution is 5.87. The molecule has 0 radical (unpaired) electrons. The predicted octanol–water partition coefficient (Wildman–Crippen LogP) is 3.21. The van der Waals surface area contributed by atoms with Crippen molar-refractivity contribution in [3.63, 3.8) is 0 Å². The van der Waals surface area contributed by atoms with Gasteiger partial charge in [-0.15, -0.1) is 0 Å². The highest BCUT2D eigenvalue weighted by atomic mass is 16.5. The van der Waals surface area contributed by atoms with Gasteiger partial charge in [-0.3, -0.25) is 0 Å². The lowest BCUT2D eigenvalue weighted by atomic mass is 10.2. The molecule has 0 saturated heterocycles. The zero-order valence-electron chi connectivity index (χ0n) is 9.64. The largest absolute Gasteiger partial charge is 0.455 e. The zero-order chi connectivity index (χ0) is 12.0. The summed E-state index contributed by atoms with van der Waals surface area (Å²) in [6, 6.07) is 9.87. The van der Waals surface area contributed by atoms with Crippen LogP contribution in [0.2, 0.25) is 0 Å². The molecule has 0 bridgehead atoms. The molecule has 1 rings (SSSR count). The van der Waals surface area contributed by atoms with Crippen LogP contribution in [0.15, 0.2) is 48.6 Å². The van der Waals surface area contributed by atoms with Gasteiger partial charge in [0, 0.05) is 5.57 Å². The van der Waals surface area contributed by atoms with E-state index in [0.717, 1.165) is 5.56 Å². The Kier molecular flexibility index (Phi) is 4.52. The molecule has 0 aliphatic carbocycles. The normalized spacial score (nSPS) is 12.4. The molecule has 2 nitrogen and oxygen atoms in total. The molecule has 0 N–H and O–H groups in total. The Hall–Kier alpha value is -1.83. The fourth-order valence-corrected chi connectivity index (χ4v) is 1.12. The summed E-state index contributed by atoms with van der Waals surface area (Å²) in [4.78, 5) is 11.2. The van der Waals surface area contributed by atoms with E-state index in [1.165, 1.54) is 0 Å². The highest BCUT2D eigenvalue weighted by Gasteiger charge is 2.06. The van der Waals surface area contributed by atoms with E-state index in [9.17, 15) is 4.79 Å². The van der Waals surface area contributed by atoms with Crippen molar-refractivity contribution >= 4 is 12.0 Å². The van der Waals surface area contributed by atoms with Crippen LogP contribution >= 0.6 is 0 Å². The molecular formula is C14H16O2. The van der Waals surface area contributed by atoms with E-state index in [-0.39, 0.29) is 12.1 Å². The van der Waals surface area contributed by atoms with Crippen LogP contribution in [0.4, 0.5) is 0 Å². The van der Waals surface area contributed by atoms with Crippen molar-refractivity contribution in [2.24, 2.45) is 0 Å². The summed E-state index contributed by atoms with van der Waals surface area (Å²) >= 11 is 0. The van der Waals surface area contributed by atoms with Gasteiger partial charge in [-0.05, 0) is 25.5 Å². The van der Waals surface area contributed by atoms with E-state index >= 15 is 0 Å². The summed E-state index contributed by atoms with van der Waals surface area (Å²) in [5.74, 6) is -0.356. The first-order valence-corrected chi connectivity index (χ1v) is 5.19. The third-order valence-corrected chi connectivity index (χ3v) is 2.00. The second-order valence-corrected chi connectivity index (χ2v) is 3.66. The fourth-order valence-electron chi connectivity index (χ4n) is 1.12. The van der Waals surface area contributed by atoms with Gasteiger partial charge in [0.1, 0.15) is 6.10 Å². The Bertz CT molecular complexity index is 390. The average molecular weight is 216 g/mol. The number of carbonyl (C=O) groups is 1. The molecule has 1 aromatic carbocycles. The molecule has 1 unspecified atom stereocenters. The summed E-state index contributed by atoms with van der Waals surface area (Å²) in [6.45, 7) is 6.98. The Morgan fingerprint density at radius 2 is 2.00 bits per heavy atom. The van der Waals surface area contributed by atoms with Crippen molar-refractivity contribution in [3.8, 4) is 0 Å². The van der Waals surface area contributed by atoms with Crippen molar-refractivity contribution < 1.29 is 9.53 Å². The summed E-state index contributed by atoms with van der Waals surface area (Å²) in [5.41, 5.74) is 1.50. The van der Waals surface area contributed by atoms with E-state index in [1.807, 2.05) is 49.4 Å². The molecule has 0 saturated carbocycles. The lowest BCUT2D eigenvalue weighted by Crippen LogP contribution is -2.12. The first-order chi connectivity index (χ1) is 7.59. The minimum absolute atomic E-state index is 0.246. The number of hydrogen-bond donors (Lipinski definition) is 0. The Morgan fingerprint density at radius 1 is 1.38 bits per heavy atom. The number of hydrogen-bond acceptors (Lipinski definition) is 2. The molecule has 0 heterocycles. The van der Waals surface area contributed by atoms with Crippen molar-refractivity contribution in [1.82, 2.24) is 0 Å². The number of esters is 1. The van der Waals surface area contributed by atoms with E-state index in [2.05, 4.69) is 6.58 Å². The smallest absolute Gasteiger partial charge is 0.333 e. The maximum Gasteiger partial charge on any atom is 0.333 e. The lowest BCUT2D eigenvalue weighted by molar-refractivity contribution is -0.141. The molecule has 16 heavy (non-hydrogen) atoms. The average Bonchev–Trinajstić information content (AvgIpc) is 2.27. The highest BCUT2D eigenvalue weighted by Crippen LogP contribution is 2.05. The van der Waals surface area contributed by atoms with Crippen molar-refractivity contribution in [2.45, 2.75) is 20.0 Å². The maximum atomic E-state index is 11.2. The van der Waals surface area contributed by atoms with Crippen LogP contribution in [0, 0.1) is 0 Å². The summed E-state index contributed by atoms with van der Waals surface area (Å²) < 4.78 is 5.11. The molecule has 0 aromatic heterocycles. The Balaban J connectivity index is 2.52. The van der Waals surface area contributed by atoms with E-state index < -0.39 is 0 Å². The minimum atomic E-state index is -0.356. The van der Waals surface area contributed by atoms with Gasteiger partial charge in [0.05, 0.1) is 0 Å². The number of benzene rings is 1. The first-order valence-electron chi connectivity index (χ1n) is 5.19. The van der Waals surface area contributed by atoms with Gasteiger partial charge < -0.3 is 4.74 Å². The lowest BCUT2D eigenvalue weighted by Gasteiger charge is -2.08. The van der Waals surface area contributed by atoms with Crippen LogP contribution in [-0.4, -0.2) is 12.1 Å². The molecule has 2 heteroatoms. The molecule has 0 fully saturated rings. The van der Waals surface area contributed by atoms with Gasteiger partial charge in [0.2, 0.25) is 0 Å². The fraction of sp³-hybridized carbons (Fsp3) is 0.214. The Morgan fingerprint density at radius 3 is 2.56 bits per heavy atom. The van der Waals surface area contributed by atoms with Crippen LogP contribution in [0.3, 0.4) is 0 Å². The van der Waals surface area contributed by atoms with E-state index in [1.54, 1.807) is 6.92 Å². The van der Waals surface area contributed by atoms with Gasteiger partial charge in [-0.25, -0.2) is 4.79 Å². The monoisotopic (exact) mass is 216 g/mol. The van der Waals surface area contributed by atoms with Gasteiger partial charge in [0.15, 0.2) is 0 Å². The van der Waals surface area contributed by atoms with Crippen LogP contribution in [0.5, 0.6) is 0 Å². The zero-order valence-corrected chi connectivity index (χ0v) is 9.64. The summed E-state index contributed by atoms with van der Waals surface area (Å²) in [7, 11) is 0. The van der Waals surface area contributed by atoms with Gasteiger partial charge in [-0.1, -0.05) is 43.0 Å². The molecule has 84 valence electrons. The predicted molar refractivity (Wildman–Crippen MR) is 65.8 cm³/mol. The third kappa shape index (κ3) is 4.13. The van der Waals surface area contributed by atoms with E-state index in [4.69, 9.17) is 4.74 Å². The van der Waals surface area contributed by atoms with Crippen LogP contribution < -0.4 is 0 Å². The van der Waals surface area contributed by atoms with Gasteiger partial charge >= 0.3 is 5.97 Å². The number of ether oxygens (including phenoxy) is 1. The molecule has 0 amide bonds. The van der Waals surface area contributed by atoms with Crippen molar-refractivity contribution in [2.75, 3.05) is 0 Å². The minimum Gasteiger partial charge on any atom is -0.455 e. The van der Waals surface area contributed by atoms with Crippen LogP contribution in [0.25, 0.3) is 6.08 Å². The van der Waals surface area contributed by atoms with Crippen molar-refractivity contribution in [3.05, 3.63) is 54.1 Å². The van der Waals surface area contributed by atoms with E-state index in [0.29, 0.717) is 5.57 Å². The van der Waals surface area contributed by atoms with Crippen LogP contribution in [0.1, 0.15) is 19.4 Å². The number of carbonyl (C=O) groups excluding carboxylic acids is 1. The second kappa shape index (κ2) is 5.91. The van der Waals surface area contributed by atoms with Gasteiger partial charge in [-0.2, -0.15) is 0 Å². The molecular weight excluding hydrogens is 200 g/mol. The summed E-state index contributed by atoms with van der Waals surface area (Å²) in [6.07, 6.45) is 3.52. The first kappa shape index (κ1) is 12.2. The topological polar surface area (TPSA) is 26.3 Å². The molecule has 1 atom stereocenters. The third-order valence-electron chi connectivity index (χ3n) is 2.00. The summed E-state index contributed by atoms with van der Waals surface area (Å²) in [5, 5.41) is 0. The molecule has 1 aromatic rings. The van der Waals surface area contributed by atoms with Gasteiger partial charge in [0.25, 0.3) is 0 Å². The molecule has 0 aliphatic heterocycles. The number of rotatable bonds is 4. The molecule has 0 spiro atoms.